The Bertz CT molecular complexity index is 1210. The largest absolute Gasteiger partial charge is 0.494 e. The van der Waals surface area contributed by atoms with Gasteiger partial charge in [-0.2, -0.15) is 4.52 Å². The Morgan fingerprint density at radius 1 is 1.31 bits per heavy atom. The van der Waals surface area contributed by atoms with E-state index in [2.05, 4.69) is 26.8 Å². The molecule has 2 aliphatic heterocycles. The topological polar surface area (TPSA) is 102 Å². The van der Waals surface area contributed by atoms with Crippen molar-refractivity contribution in [3.05, 3.63) is 58.8 Å². The van der Waals surface area contributed by atoms with Crippen LogP contribution in [0.3, 0.4) is 0 Å². The molecule has 1 aromatic carbocycles. The Hall–Kier alpha value is -3.26. The van der Waals surface area contributed by atoms with E-state index in [-0.39, 0.29) is 0 Å². The Kier molecular flexibility index (Phi) is 4.28. The molecule has 0 saturated carbocycles. The molecule has 0 saturated heterocycles. The lowest BCUT2D eigenvalue weighted by Gasteiger charge is -2.28. The van der Waals surface area contributed by atoms with Gasteiger partial charge in [0.25, 0.3) is 0 Å². The van der Waals surface area contributed by atoms with Crippen LogP contribution in [-0.2, 0) is 6.42 Å². The second-order valence-corrected chi connectivity index (χ2v) is 7.49. The van der Waals surface area contributed by atoms with E-state index in [9.17, 15) is 0 Å². The lowest BCUT2D eigenvalue weighted by atomic mass is 9.95. The number of nitrogen functional groups attached to an aromatic ring is 1. The fourth-order valence-electron chi connectivity index (χ4n) is 3.77. The Morgan fingerprint density at radius 2 is 2.21 bits per heavy atom. The molecule has 3 aromatic rings. The van der Waals surface area contributed by atoms with Crippen LogP contribution in [0.2, 0.25) is 0 Å². The number of hydrogen-bond acceptors (Lipinski definition) is 7. The first-order valence-corrected chi connectivity index (χ1v) is 9.78. The molecule has 9 heteroatoms. The first-order chi connectivity index (χ1) is 14.1. The fourth-order valence-corrected chi connectivity index (χ4v) is 3.94. The van der Waals surface area contributed by atoms with E-state index in [1.165, 1.54) is 5.57 Å². The van der Waals surface area contributed by atoms with Crippen molar-refractivity contribution in [2.24, 2.45) is 0 Å². The fraction of sp³-hybridized carbons (Fsp3) is 0.250. The van der Waals surface area contributed by atoms with Crippen LogP contribution >= 0.6 is 11.6 Å². The van der Waals surface area contributed by atoms with Crippen LogP contribution in [0.15, 0.2) is 53.0 Å². The minimum absolute atomic E-state index is 0.293. The van der Waals surface area contributed by atoms with Crippen molar-refractivity contribution >= 4 is 34.1 Å². The quantitative estimate of drug-likeness (QED) is 0.569. The molecule has 8 nitrogen and oxygen atoms in total. The highest BCUT2D eigenvalue weighted by Crippen LogP contribution is 2.28. The van der Waals surface area contributed by atoms with Gasteiger partial charge in [-0.15, -0.1) is 5.10 Å². The molecule has 0 aliphatic carbocycles. The number of benzene rings is 1. The molecule has 2 aromatic heterocycles. The minimum Gasteiger partial charge on any atom is -0.494 e. The predicted molar refractivity (Wildman–Crippen MR) is 112 cm³/mol. The van der Waals surface area contributed by atoms with Crippen LogP contribution in [0.4, 0.5) is 5.95 Å². The van der Waals surface area contributed by atoms with E-state index in [4.69, 9.17) is 27.1 Å². The molecular weight excluding hydrogens is 390 g/mol. The number of allylic oxidation sites excluding steroid dienone is 3. The zero-order chi connectivity index (χ0) is 20.0. The average molecular weight is 410 g/mol. The number of rotatable bonds is 4. The summed E-state index contributed by atoms with van der Waals surface area (Å²) in [6, 6.07) is 6.02. The number of nitrogens with one attached hydrogen (secondary N) is 2. The van der Waals surface area contributed by atoms with Crippen LogP contribution in [0.5, 0.6) is 5.75 Å². The summed E-state index contributed by atoms with van der Waals surface area (Å²) < 4.78 is 7.00. The Morgan fingerprint density at radius 3 is 3.07 bits per heavy atom. The maximum atomic E-state index is 6.13. The number of aromatic nitrogens is 4. The number of halogens is 1. The molecule has 148 valence electrons. The van der Waals surface area contributed by atoms with Crippen molar-refractivity contribution in [3.8, 4) is 5.75 Å². The number of nitrogens with two attached hydrogens (primary N) is 1. The molecule has 0 radical (unpaired) electrons. The summed E-state index contributed by atoms with van der Waals surface area (Å²) in [5.41, 5.74) is 9.78. The standard InChI is InChI=1S/C20H20ClN7O/c1-29-15-4-2-3-13-18(15)26-20(22)28-19(13)25-17(27-28)8-6-12-9-11-5-7-16(21)24-14(11)10-23-12/h2-5,7,10,12,23-24H,6,8-9H2,1H3,(H2,22,26). The van der Waals surface area contributed by atoms with Crippen LogP contribution in [0, 0.1) is 0 Å². The SMILES string of the molecule is COc1cccc2c1nc(N)n1nc(CCC3CC4=CC=C(Cl)NC4=CN3)nc21. The summed E-state index contributed by atoms with van der Waals surface area (Å²) in [7, 11) is 1.62. The summed E-state index contributed by atoms with van der Waals surface area (Å²) in [4.78, 5) is 9.18. The number of ether oxygens (including phenoxy) is 1. The van der Waals surface area contributed by atoms with Gasteiger partial charge in [-0.05, 0) is 36.6 Å². The van der Waals surface area contributed by atoms with Crippen LogP contribution in [0.1, 0.15) is 18.7 Å². The van der Waals surface area contributed by atoms with E-state index >= 15 is 0 Å². The predicted octanol–water partition coefficient (Wildman–Crippen LogP) is 2.61. The third kappa shape index (κ3) is 3.15. The molecule has 0 amide bonds. The monoisotopic (exact) mass is 409 g/mol. The molecule has 29 heavy (non-hydrogen) atoms. The van der Waals surface area contributed by atoms with Crippen LogP contribution < -0.4 is 21.1 Å². The third-order valence-corrected chi connectivity index (χ3v) is 5.45. The number of aryl methyl sites for hydroxylation is 1. The van der Waals surface area contributed by atoms with Gasteiger partial charge in [0.05, 0.1) is 12.8 Å². The van der Waals surface area contributed by atoms with Gasteiger partial charge in [-0.25, -0.2) is 9.97 Å². The van der Waals surface area contributed by atoms with Crippen LogP contribution in [0.25, 0.3) is 16.6 Å². The number of dihydropyridines is 1. The van der Waals surface area contributed by atoms with Crippen molar-refractivity contribution in [1.29, 1.82) is 0 Å². The Balaban J connectivity index is 1.39. The van der Waals surface area contributed by atoms with Crippen molar-refractivity contribution in [1.82, 2.24) is 30.2 Å². The summed E-state index contributed by atoms with van der Waals surface area (Å²) in [5.74, 6) is 1.70. The number of methoxy groups -OCH3 is 1. The molecule has 2 aliphatic rings. The molecule has 1 atom stereocenters. The van der Waals surface area contributed by atoms with E-state index in [1.54, 1.807) is 11.6 Å². The van der Waals surface area contributed by atoms with Gasteiger partial charge in [0.15, 0.2) is 11.5 Å². The maximum Gasteiger partial charge on any atom is 0.223 e. The number of hydrogen-bond donors (Lipinski definition) is 3. The third-order valence-electron chi connectivity index (χ3n) is 5.23. The van der Waals surface area contributed by atoms with E-state index in [0.717, 1.165) is 36.2 Å². The average Bonchev–Trinajstić information content (AvgIpc) is 3.17. The van der Waals surface area contributed by atoms with Gasteiger partial charge >= 0.3 is 0 Å². The van der Waals surface area contributed by atoms with Gasteiger partial charge in [-0.1, -0.05) is 23.7 Å². The van der Waals surface area contributed by atoms with E-state index in [0.29, 0.717) is 34.1 Å². The normalized spacial score (nSPS) is 18.4. The minimum atomic E-state index is 0.293. The first-order valence-electron chi connectivity index (χ1n) is 9.40. The lowest BCUT2D eigenvalue weighted by Crippen LogP contribution is -2.33. The first kappa shape index (κ1) is 17.8. The van der Waals surface area contributed by atoms with E-state index in [1.807, 2.05) is 30.5 Å². The summed E-state index contributed by atoms with van der Waals surface area (Å²) in [5, 5.41) is 12.7. The highest BCUT2D eigenvalue weighted by molar-refractivity contribution is 6.29. The second-order valence-electron chi connectivity index (χ2n) is 7.09. The highest BCUT2D eigenvalue weighted by Gasteiger charge is 2.21. The summed E-state index contributed by atoms with van der Waals surface area (Å²) in [6.07, 6.45) is 8.46. The van der Waals surface area contributed by atoms with E-state index < -0.39 is 0 Å². The van der Waals surface area contributed by atoms with Crippen molar-refractivity contribution in [2.45, 2.75) is 25.3 Å². The number of fused-ring (bicyclic) bond motifs is 4. The lowest BCUT2D eigenvalue weighted by molar-refractivity contribution is 0.419. The van der Waals surface area contributed by atoms with Gasteiger partial charge in [0, 0.05) is 24.0 Å². The number of nitrogens with zero attached hydrogens (tertiary/aromatic N) is 4. The number of para-hydroxylation sites is 1. The maximum absolute atomic E-state index is 6.13. The van der Waals surface area contributed by atoms with Crippen LogP contribution in [-0.4, -0.2) is 32.7 Å². The van der Waals surface area contributed by atoms with Crippen molar-refractivity contribution in [2.75, 3.05) is 12.8 Å². The zero-order valence-electron chi connectivity index (χ0n) is 15.8. The highest BCUT2D eigenvalue weighted by atomic mass is 35.5. The van der Waals surface area contributed by atoms with Gasteiger partial charge in [0.1, 0.15) is 16.4 Å². The van der Waals surface area contributed by atoms with Crippen molar-refractivity contribution in [3.63, 3.8) is 0 Å². The second kappa shape index (κ2) is 6.97. The Labute approximate surface area is 172 Å². The van der Waals surface area contributed by atoms with Gasteiger partial charge in [-0.3, -0.25) is 0 Å². The molecule has 1 unspecified atom stereocenters. The number of anilines is 1. The summed E-state index contributed by atoms with van der Waals surface area (Å²) >= 11 is 6.02. The molecule has 4 heterocycles. The zero-order valence-corrected chi connectivity index (χ0v) is 16.6. The van der Waals surface area contributed by atoms with Gasteiger partial charge in [0.2, 0.25) is 5.95 Å². The molecule has 0 fully saturated rings. The molecule has 5 rings (SSSR count). The van der Waals surface area contributed by atoms with Gasteiger partial charge < -0.3 is 21.1 Å². The summed E-state index contributed by atoms with van der Waals surface area (Å²) in [6.45, 7) is 0. The molecular formula is C20H20ClN7O. The molecule has 0 bridgehead atoms. The molecule has 4 N–H and O–H groups in total. The van der Waals surface area contributed by atoms with Crippen molar-refractivity contribution < 1.29 is 4.74 Å². The smallest absolute Gasteiger partial charge is 0.223 e. The molecule has 0 spiro atoms.